The predicted octanol–water partition coefficient (Wildman–Crippen LogP) is 3.14. The van der Waals surface area contributed by atoms with E-state index >= 15 is 0 Å². The van der Waals surface area contributed by atoms with Crippen LogP contribution in [0, 0.1) is 0 Å². The van der Waals surface area contributed by atoms with Crippen molar-refractivity contribution in [3.63, 3.8) is 0 Å². The van der Waals surface area contributed by atoms with Crippen LogP contribution in [0.2, 0.25) is 0 Å². The van der Waals surface area contributed by atoms with E-state index in [1.807, 2.05) is 18.2 Å². The molecule has 0 bridgehead atoms. The summed E-state index contributed by atoms with van der Waals surface area (Å²) in [6.45, 7) is 6.14. The van der Waals surface area contributed by atoms with E-state index in [0.717, 1.165) is 12.8 Å². The number of likely N-dealkylation sites (tertiary alicyclic amines) is 1. The molecule has 0 amide bonds. The highest BCUT2D eigenvalue weighted by Gasteiger charge is 2.24. The maximum Gasteiger partial charge on any atom is 0.153 e. The molecule has 1 fully saturated rings. The van der Waals surface area contributed by atoms with Gasteiger partial charge in [-0.15, -0.1) is 0 Å². The van der Waals surface area contributed by atoms with Crippen LogP contribution in [0.3, 0.4) is 0 Å². The number of carbonyl (C=O) groups is 1. The van der Waals surface area contributed by atoms with Gasteiger partial charge in [0.2, 0.25) is 0 Å². The van der Waals surface area contributed by atoms with Gasteiger partial charge in [-0.2, -0.15) is 0 Å². The SMILES string of the molecule is CC1CCCC(C)N1CCOc1ccccc1C=O. The van der Waals surface area contributed by atoms with Crippen LogP contribution in [0.5, 0.6) is 5.75 Å². The first kappa shape index (κ1) is 14.1. The quantitative estimate of drug-likeness (QED) is 0.763. The van der Waals surface area contributed by atoms with Crippen molar-refractivity contribution in [2.45, 2.75) is 45.2 Å². The normalized spacial score (nSPS) is 24.1. The molecular weight excluding hydrogens is 238 g/mol. The number of rotatable bonds is 5. The molecule has 0 saturated carbocycles. The molecule has 1 heterocycles. The lowest BCUT2D eigenvalue weighted by Gasteiger charge is -2.38. The number of ether oxygens (including phenoxy) is 1. The monoisotopic (exact) mass is 261 g/mol. The van der Waals surface area contributed by atoms with Gasteiger partial charge in [-0.25, -0.2) is 0 Å². The van der Waals surface area contributed by atoms with E-state index in [-0.39, 0.29) is 0 Å². The molecule has 0 radical (unpaired) electrons. The first-order valence-corrected chi connectivity index (χ1v) is 7.15. The number of piperidine rings is 1. The molecule has 2 unspecified atom stereocenters. The molecule has 1 aromatic carbocycles. The Morgan fingerprint density at radius 1 is 1.26 bits per heavy atom. The Labute approximate surface area is 115 Å². The van der Waals surface area contributed by atoms with Crippen LogP contribution in [0.1, 0.15) is 43.5 Å². The molecule has 2 atom stereocenters. The molecule has 2 rings (SSSR count). The molecule has 1 saturated heterocycles. The Morgan fingerprint density at radius 2 is 1.95 bits per heavy atom. The maximum atomic E-state index is 10.9. The lowest BCUT2D eigenvalue weighted by atomic mass is 9.98. The second-order valence-corrected chi connectivity index (χ2v) is 5.37. The smallest absolute Gasteiger partial charge is 0.153 e. The summed E-state index contributed by atoms with van der Waals surface area (Å²) in [5.74, 6) is 0.690. The summed E-state index contributed by atoms with van der Waals surface area (Å²) in [7, 11) is 0. The Hall–Kier alpha value is -1.35. The average molecular weight is 261 g/mol. The Balaban J connectivity index is 1.87. The average Bonchev–Trinajstić information content (AvgIpc) is 2.42. The molecule has 3 heteroatoms. The topological polar surface area (TPSA) is 29.5 Å². The minimum absolute atomic E-state index is 0.627. The summed E-state index contributed by atoms with van der Waals surface area (Å²) >= 11 is 0. The number of para-hydroxylation sites is 1. The van der Waals surface area contributed by atoms with E-state index < -0.39 is 0 Å². The third-order valence-electron chi connectivity index (χ3n) is 4.03. The Morgan fingerprint density at radius 3 is 2.63 bits per heavy atom. The highest BCUT2D eigenvalue weighted by molar-refractivity contribution is 5.79. The van der Waals surface area contributed by atoms with E-state index in [1.54, 1.807) is 6.07 Å². The molecule has 1 aromatic rings. The molecule has 0 N–H and O–H groups in total. The van der Waals surface area contributed by atoms with Crippen LogP contribution in [-0.4, -0.2) is 36.4 Å². The van der Waals surface area contributed by atoms with Gasteiger partial charge in [-0.1, -0.05) is 18.6 Å². The second-order valence-electron chi connectivity index (χ2n) is 5.37. The fourth-order valence-electron chi connectivity index (χ4n) is 2.89. The van der Waals surface area contributed by atoms with Crippen molar-refractivity contribution >= 4 is 6.29 Å². The van der Waals surface area contributed by atoms with Crippen LogP contribution in [-0.2, 0) is 0 Å². The molecule has 0 aliphatic carbocycles. The number of nitrogens with zero attached hydrogens (tertiary/aromatic N) is 1. The van der Waals surface area contributed by atoms with Crippen molar-refractivity contribution in [3.8, 4) is 5.75 Å². The summed E-state index contributed by atoms with van der Waals surface area (Å²) in [6, 6.07) is 8.66. The van der Waals surface area contributed by atoms with Gasteiger partial charge in [0.25, 0.3) is 0 Å². The summed E-state index contributed by atoms with van der Waals surface area (Å²) in [6.07, 6.45) is 4.72. The van der Waals surface area contributed by atoms with Gasteiger partial charge in [-0.05, 0) is 38.8 Å². The van der Waals surface area contributed by atoms with E-state index in [9.17, 15) is 4.79 Å². The standard InChI is InChI=1S/C16H23NO2/c1-13-6-5-7-14(2)17(13)10-11-19-16-9-4-3-8-15(16)12-18/h3-4,8-9,12-14H,5-7,10-11H2,1-2H3. The van der Waals surface area contributed by atoms with Crippen LogP contribution in [0.25, 0.3) is 0 Å². The highest BCUT2D eigenvalue weighted by atomic mass is 16.5. The zero-order chi connectivity index (χ0) is 13.7. The van der Waals surface area contributed by atoms with Crippen molar-refractivity contribution in [3.05, 3.63) is 29.8 Å². The van der Waals surface area contributed by atoms with Crippen LogP contribution >= 0.6 is 0 Å². The number of hydrogen-bond donors (Lipinski definition) is 0. The van der Waals surface area contributed by atoms with Gasteiger partial charge in [-0.3, -0.25) is 9.69 Å². The fraction of sp³-hybridized carbons (Fsp3) is 0.562. The van der Waals surface area contributed by atoms with Gasteiger partial charge in [0.1, 0.15) is 12.4 Å². The van der Waals surface area contributed by atoms with E-state index in [1.165, 1.54) is 19.3 Å². The van der Waals surface area contributed by atoms with Crippen molar-refractivity contribution in [1.29, 1.82) is 0 Å². The maximum absolute atomic E-state index is 10.9. The third kappa shape index (κ3) is 3.57. The highest BCUT2D eigenvalue weighted by Crippen LogP contribution is 2.22. The summed E-state index contributed by atoms with van der Waals surface area (Å²) < 4.78 is 5.75. The zero-order valence-electron chi connectivity index (χ0n) is 11.8. The minimum Gasteiger partial charge on any atom is -0.492 e. The third-order valence-corrected chi connectivity index (χ3v) is 4.03. The zero-order valence-corrected chi connectivity index (χ0v) is 11.8. The molecule has 0 aromatic heterocycles. The largest absolute Gasteiger partial charge is 0.492 e. The van der Waals surface area contributed by atoms with Crippen molar-refractivity contribution < 1.29 is 9.53 Å². The van der Waals surface area contributed by atoms with Crippen molar-refractivity contribution in [1.82, 2.24) is 4.90 Å². The van der Waals surface area contributed by atoms with Gasteiger partial charge in [0.15, 0.2) is 6.29 Å². The van der Waals surface area contributed by atoms with Crippen LogP contribution in [0.4, 0.5) is 0 Å². The fourth-order valence-corrected chi connectivity index (χ4v) is 2.89. The molecule has 1 aliphatic heterocycles. The van der Waals surface area contributed by atoms with Gasteiger partial charge in [0, 0.05) is 18.6 Å². The Kier molecular flexibility index (Phi) is 4.97. The molecule has 1 aliphatic rings. The van der Waals surface area contributed by atoms with Crippen molar-refractivity contribution in [2.24, 2.45) is 0 Å². The summed E-state index contributed by atoms with van der Waals surface area (Å²) in [5.41, 5.74) is 0.627. The number of benzene rings is 1. The first-order valence-electron chi connectivity index (χ1n) is 7.15. The molecule has 19 heavy (non-hydrogen) atoms. The minimum atomic E-state index is 0.627. The summed E-state index contributed by atoms with van der Waals surface area (Å²) in [5, 5.41) is 0. The van der Waals surface area contributed by atoms with Gasteiger partial charge in [0.05, 0.1) is 5.56 Å². The second kappa shape index (κ2) is 6.71. The summed E-state index contributed by atoms with van der Waals surface area (Å²) in [4.78, 5) is 13.4. The van der Waals surface area contributed by atoms with E-state index in [2.05, 4.69) is 18.7 Å². The molecular formula is C16H23NO2. The molecule has 0 spiro atoms. The number of hydrogen-bond acceptors (Lipinski definition) is 3. The van der Waals surface area contributed by atoms with E-state index in [4.69, 9.17) is 4.74 Å². The van der Waals surface area contributed by atoms with Gasteiger partial charge >= 0.3 is 0 Å². The number of aldehydes is 1. The van der Waals surface area contributed by atoms with Crippen LogP contribution < -0.4 is 4.74 Å². The lowest BCUT2D eigenvalue weighted by Crippen LogP contribution is -2.45. The van der Waals surface area contributed by atoms with E-state index in [0.29, 0.717) is 30.0 Å². The van der Waals surface area contributed by atoms with Crippen molar-refractivity contribution in [2.75, 3.05) is 13.2 Å². The Bertz CT molecular complexity index is 409. The van der Waals surface area contributed by atoms with Gasteiger partial charge < -0.3 is 4.74 Å². The lowest BCUT2D eigenvalue weighted by molar-refractivity contribution is 0.0847. The molecule has 104 valence electrons. The number of carbonyl (C=O) groups excluding carboxylic acids is 1. The first-order chi connectivity index (χ1) is 9.22. The molecule has 3 nitrogen and oxygen atoms in total. The van der Waals surface area contributed by atoms with Crippen LogP contribution in [0.15, 0.2) is 24.3 Å². The predicted molar refractivity (Wildman–Crippen MR) is 76.8 cm³/mol.